The van der Waals surface area contributed by atoms with Crippen LogP contribution in [0.25, 0.3) is 6.08 Å². The SMILES string of the molecule is CCC(=Cc1ccc(Cl)c(Cl)c1)CNCC(C)C. The third-order valence-corrected chi connectivity index (χ3v) is 3.41. The average Bonchev–Trinajstić information content (AvgIpc) is 2.32. The minimum atomic E-state index is 0.602. The van der Waals surface area contributed by atoms with E-state index in [9.17, 15) is 0 Å². The minimum absolute atomic E-state index is 0.602. The van der Waals surface area contributed by atoms with Gasteiger partial charge in [0.05, 0.1) is 10.0 Å². The van der Waals surface area contributed by atoms with Gasteiger partial charge >= 0.3 is 0 Å². The van der Waals surface area contributed by atoms with E-state index in [1.165, 1.54) is 5.57 Å². The smallest absolute Gasteiger partial charge is 0.0598 e. The lowest BCUT2D eigenvalue weighted by atomic mass is 10.1. The summed E-state index contributed by atoms with van der Waals surface area (Å²) >= 11 is 11.9. The van der Waals surface area contributed by atoms with Gasteiger partial charge in [0.1, 0.15) is 0 Å². The van der Waals surface area contributed by atoms with E-state index in [1.807, 2.05) is 18.2 Å². The molecule has 3 heteroatoms. The fraction of sp³-hybridized carbons (Fsp3) is 0.467. The Kier molecular flexibility index (Phi) is 6.77. The highest BCUT2D eigenvalue weighted by Crippen LogP contribution is 2.23. The summed E-state index contributed by atoms with van der Waals surface area (Å²) in [6.07, 6.45) is 3.21. The molecular formula is C15H21Cl2N. The van der Waals surface area contributed by atoms with E-state index >= 15 is 0 Å². The van der Waals surface area contributed by atoms with Crippen molar-refractivity contribution in [1.29, 1.82) is 0 Å². The molecule has 0 saturated carbocycles. The van der Waals surface area contributed by atoms with E-state index in [2.05, 4.69) is 32.2 Å². The van der Waals surface area contributed by atoms with Gasteiger partial charge in [-0.05, 0) is 36.6 Å². The Bertz CT molecular complexity index is 411. The fourth-order valence-electron chi connectivity index (χ4n) is 1.64. The van der Waals surface area contributed by atoms with E-state index in [-0.39, 0.29) is 0 Å². The number of benzene rings is 1. The molecule has 0 saturated heterocycles. The zero-order chi connectivity index (χ0) is 13.5. The summed E-state index contributed by atoms with van der Waals surface area (Å²) in [4.78, 5) is 0. The highest BCUT2D eigenvalue weighted by atomic mass is 35.5. The van der Waals surface area contributed by atoms with Crippen molar-refractivity contribution in [2.24, 2.45) is 5.92 Å². The van der Waals surface area contributed by atoms with Crippen LogP contribution in [-0.4, -0.2) is 13.1 Å². The number of rotatable bonds is 6. The second kappa shape index (κ2) is 7.83. The van der Waals surface area contributed by atoms with Crippen LogP contribution in [0.4, 0.5) is 0 Å². The zero-order valence-electron chi connectivity index (χ0n) is 11.3. The first kappa shape index (κ1) is 15.6. The Labute approximate surface area is 120 Å². The summed E-state index contributed by atoms with van der Waals surface area (Å²) in [6, 6.07) is 5.73. The normalized spacial score (nSPS) is 12.2. The second-order valence-corrected chi connectivity index (χ2v) is 5.67. The fourth-order valence-corrected chi connectivity index (χ4v) is 1.94. The van der Waals surface area contributed by atoms with Crippen molar-refractivity contribution < 1.29 is 0 Å². The van der Waals surface area contributed by atoms with E-state index in [1.54, 1.807) is 0 Å². The van der Waals surface area contributed by atoms with Crippen LogP contribution in [0.1, 0.15) is 32.8 Å². The molecule has 0 atom stereocenters. The summed E-state index contributed by atoms with van der Waals surface area (Å²) in [5.74, 6) is 0.674. The summed E-state index contributed by atoms with van der Waals surface area (Å²) < 4.78 is 0. The lowest BCUT2D eigenvalue weighted by Gasteiger charge is -2.09. The van der Waals surface area contributed by atoms with Gasteiger partial charge in [-0.2, -0.15) is 0 Å². The molecule has 0 spiro atoms. The maximum Gasteiger partial charge on any atom is 0.0598 e. The van der Waals surface area contributed by atoms with E-state index in [0.717, 1.165) is 25.1 Å². The minimum Gasteiger partial charge on any atom is -0.313 e. The Morgan fingerprint density at radius 2 is 2.00 bits per heavy atom. The average molecular weight is 286 g/mol. The lowest BCUT2D eigenvalue weighted by molar-refractivity contribution is 0.569. The van der Waals surface area contributed by atoms with Crippen LogP contribution in [0.2, 0.25) is 10.0 Å². The van der Waals surface area contributed by atoms with Crippen molar-refractivity contribution in [1.82, 2.24) is 5.32 Å². The Balaban J connectivity index is 2.68. The molecule has 0 aromatic heterocycles. The standard InChI is InChI=1S/C15H21Cl2N/c1-4-12(10-18-9-11(2)3)7-13-5-6-14(16)15(17)8-13/h5-8,11,18H,4,9-10H2,1-3H3. The predicted octanol–water partition coefficient (Wildman–Crippen LogP) is 5.03. The van der Waals surface area contributed by atoms with Crippen molar-refractivity contribution in [2.45, 2.75) is 27.2 Å². The van der Waals surface area contributed by atoms with Gasteiger partial charge in [0, 0.05) is 6.54 Å². The van der Waals surface area contributed by atoms with E-state index in [4.69, 9.17) is 23.2 Å². The molecule has 0 aliphatic rings. The highest BCUT2D eigenvalue weighted by Gasteiger charge is 2.00. The summed E-state index contributed by atoms with van der Waals surface area (Å²) in [6.45, 7) is 8.55. The quantitative estimate of drug-likeness (QED) is 0.773. The number of halogens is 2. The molecule has 1 rings (SSSR count). The Morgan fingerprint density at radius 3 is 2.56 bits per heavy atom. The molecule has 0 bridgehead atoms. The van der Waals surface area contributed by atoms with Crippen molar-refractivity contribution >= 4 is 29.3 Å². The largest absolute Gasteiger partial charge is 0.313 e. The molecule has 1 N–H and O–H groups in total. The zero-order valence-corrected chi connectivity index (χ0v) is 12.8. The van der Waals surface area contributed by atoms with Gasteiger partial charge in [-0.1, -0.05) is 61.7 Å². The third-order valence-electron chi connectivity index (χ3n) is 2.67. The molecule has 1 aromatic carbocycles. The van der Waals surface area contributed by atoms with Gasteiger partial charge in [0.2, 0.25) is 0 Å². The number of hydrogen-bond donors (Lipinski definition) is 1. The van der Waals surface area contributed by atoms with Crippen LogP contribution >= 0.6 is 23.2 Å². The van der Waals surface area contributed by atoms with Gasteiger partial charge in [-0.25, -0.2) is 0 Å². The van der Waals surface area contributed by atoms with Crippen LogP contribution < -0.4 is 5.32 Å². The molecule has 1 nitrogen and oxygen atoms in total. The van der Waals surface area contributed by atoms with Gasteiger partial charge in [-0.15, -0.1) is 0 Å². The molecule has 0 fully saturated rings. The lowest BCUT2D eigenvalue weighted by Crippen LogP contribution is -2.21. The van der Waals surface area contributed by atoms with Crippen molar-refractivity contribution in [3.63, 3.8) is 0 Å². The molecular weight excluding hydrogens is 265 g/mol. The molecule has 0 heterocycles. The van der Waals surface area contributed by atoms with Crippen LogP contribution in [0.3, 0.4) is 0 Å². The Morgan fingerprint density at radius 1 is 1.28 bits per heavy atom. The molecule has 1 aromatic rings. The predicted molar refractivity (Wildman–Crippen MR) is 82.4 cm³/mol. The van der Waals surface area contributed by atoms with Crippen molar-refractivity contribution in [2.75, 3.05) is 13.1 Å². The van der Waals surface area contributed by atoms with Gasteiger partial charge in [0.15, 0.2) is 0 Å². The molecule has 100 valence electrons. The first-order chi connectivity index (χ1) is 8.52. The topological polar surface area (TPSA) is 12.0 Å². The molecule has 0 aliphatic heterocycles. The third kappa shape index (κ3) is 5.43. The summed E-state index contributed by atoms with van der Waals surface area (Å²) in [5.41, 5.74) is 2.47. The van der Waals surface area contributed by atoms with Crippen molar-refractivity contribution in [3.05, 3.63) is 39.4 Å². The van der Waals surface area contributed by atoms with Crippen LogP contribution in [0.5, 0.6) is 0 Å². The van der Waals surface area contributed by atoms with Crippen LogP contribution in [-0.2, 0) is 0 Å². The molecule has 18 heavy (non-hydrogen) atoms. The molecule has 0 aliphatic carbocycles. The first-order valence-electron chi connectivity index (χ1n) is 6.38. The van der Waals surface area contributed by atoms with Crippen LogP contribution in [0.15, 0.2) is 23.8 Å². The summed E-state index contributed by atoms with van der Waals surface area (Å²) in [5, 5.41) is 4.66. The number of nitrogens with one attached hydrogen (secondary N) is 1. The summed E-state index contributed by atoms with van der Waals surface area (Å²) in [7, 11) is 0. The maximum absolute atomic E-state index is 6.01. The first-order valence-corrected chi connectivity index (χ1v) is 7.13. The molecule has 0 radical (unpaired) electrons. The van der Waals surface area contributed by atoms with Crippen molar-refractivity contribution in [3.8, 4) is 0 Å². The second-order valence-electron chi connectivity index (χ2n) is 4.85. The molecule has 0 amide bonds. The van der Waals surface area contributed by atoms with Crippen LogP contribution in [0, 0.1) is 5.92 Å². The number of hydrogen-bond acceptors (Lipinski definition) is 1. The maximum atomic E-state index is 6.01. The van der Waals surface area contributed by atoms with E-state index in [0.29, 0.717) is 16.0 Å². The molecule has 0 unspecified atom stereocenters. The van der Waals surface area contributed by atoms with E-state index < -0.39 is 0 Å². The van der Waals surface area contributed by atoms with Gasteiger partial charge in [-0.3, -0.25) is 0 Å². The monoisotopic (exact) mass is 285 g/mol. The highest BCUT2D eigenvalue weighted by molar-refractivity contribution is 6.42. The van der Waals surface area contributed by atoms with Gasteiger partial charge < -0.3 is 5.32 Å². The van der Waals surface area contributed by atoms with Gasteiger partial charge in [0.25, 0.3) is 0 Å². The Hall–Kier alpha value is -0.500.